The number of unbranched alkanes of at least 4 members (excludes halogenated alkanes) is 1. The lowest BCUT2D eigenvalue weighted by atomic mass is 9.84. The summed E-state index contributed by atoms with van der Waals surface area (Å²) in [5.74, 6) is -0.433. The molecule has 0 radical (unpaired) electrons. The van der Waals surface area contributed by atoms with E-state index in [9.17, 15) is 13.9 Å². The van der Waals surface area contributed by atoms with Crippen molar-refractivity contribution in [3.05, 3.63) is 29.8 Å². The van der Waals surface area contributed by atoms with Crippen molar-refractivity contribution in [2.75, 3.05) is 6.61 Å². The van der Waals surface area contributed by atoms with Gasteiger partial charge in [-0.05, 0) is 31.0 Å². The van der Waals surface area contributed by atoms with Gasteiger partial charge in [-0.2, -0.15) is 0 Å². The molecule has 4 heteroatoms. The first-order valence-corrected chi connectivity index (χ1v) is 6.63. The zero-order valence-electron chi connectivity index (χ0n) is 11.7. The van der Waals surface area contributed by atoms with Crippen molar-refractivity contribution in [1.29, 1.82) is 0 Å². The number of aliphatic hydroxyl groups is 1. The summed E-state index contributed by atoms with van der Waals surface area (Å²) < 4.78 is 30.9. The smallest absolute Gasteiger partial charge is 0.244 e. The largest absolute Gasteiger partial charge is 0.494 e. The first kappa shape index (κ1) is 15.9. The van der Waals surface area contributed by atoms with Gasteiger partial charge in [-0.3, -0.25) is 0 Å². The van der Waals surface area contributed by atoms with Crippen molar-refractivity contribution >= 4 is 0 Å². The molecule has 0 spiro atoms. The van der Waals surface area contributed by atoms with Crippen LogP contribution in [0.1, 0.15) is 39.2 Å². The Morgan fingerprint density at radius 1 is 1.26 bits per heavy atom. The maximum atomic E-state index is 12.7. The highest BCUT2D eigenvalue weighted by Crippen LogP contribution is 2.33. The molecule has 1 rings (SSSR count). The summed E-state index contributed by atoms with van der Waals surface area (Å²) in [6.45, 7) is 5.47. The van der Waals surface area contributed by atoms with Crippen LogP contribution in [0, 0.1) is 5.92 Å². The number of benzene rings is 1. The van der Waals surface area contributed by atoms with Crippen LogP contribution in [-0.4, -0.2) is 18.1 Å². The molecule has 0 fully saturated rings. The lowest BCUT2D eigenvalue weighted by molar-refractivity contribution is -0.0696. The van der Waals surface area contributed by atoms with E-state index in [1.54, 1.807) is 24.3 Å². The zero-order chi connectivity index (χ0) is 14.5. The number of halogens is 2. The van der Waals surface area contributed by atoms with Gasteiger partial charge in [-0.1, -0.05) is 32.4 Å². The Hall–Kier alpha value is -1.16. The van der Waals surface area contributed by atoms with E-state index < -0.39 is 17.9 Å². The predicted octanol–water partition coefficient (Wildman–Crippen LogP) is 3.97. The maximum Gasteiger partial charge on any atom is 0.244 e. The van der Waals surface area contributed by atoms with Crippen molar-refractivity contribution in [2.24, 2.45) is 5.92 Å². The minimum Gasteiger partial charge on any atom is -0.494 e. The van der Waals surface area contributed by atoms with Crippen LogP contribution in [0.3, 0.4) is 0 Å². The Morgan fingerprint density at radius 2 is 1.84 bits per heavy atom. The molecule has 0 bridgehead atoms. The molecule has 0 amide bonds. The third-order valence-electron chi connectivity index (χ3n) is 3.47. The first-order valence-electron chi connectivity index (χ1n) is 6.63. The van der Waals surface area contributed by atoms with Crippen molar-refractivity contribution in [1.82, 2.24) is 0 Å². The second kappa shape index (κ2) is 6.85. The molecule has 2 nitrogen and oxygen atoms in total. The molecule has 0 aliphatic rings. The molecule has 1 aromatic carbocycles. The van der Waals surface area contributed by atoms with Crippen LogP contribution in [0.15, 0.2) is 24.3 Å². The SMILES string of the molecule is CCCCOc1ccc(C(C)(O)C(C)C(F)F)cc1. The normalized spacial score (nSPS) is 16.2. The van der Waals surface area contributed by atoms with E-state index in [2.05, 4.69) is 6.92 Å². The lowest BCUT2D eigenvalue weighted by Crippen LogP contribution is -2.34. The van der Waals surface area contributed by atoms with Gasteiger partial charge in [0.1, 0.15) is 5.75 Å². The average Bonchev–Trinajstić information content (AvgIpc) is 2.38. The molecule has 0 heterocycles. The standard InChI is InChI=1S/C15H22F2O2/c1-4-5-10-19-13-8-6-12(7-9-13)15(3,18)11(2)14(16)17/h6-9,11,14,18H,4-5,10H2,1-3H3. The summed E-state index contributed by atoms with van der Waals surface area (Å²) in [4.78, 5) is 0. The molecule has 0 aromatic heterocycles. The van der Waals surface area contributed by atoms with Crippen LogP contribution in [0.5, 0.6) is 5.75 Å². The van der Waals surface area contributed by atoms with E-state index in [0.29, 0.717) is 17.9 Å². The van der Waals surface area contributed by atoms with Gasteiger partial charge in [0.25, 0.3) is 0 Å². The Labute approximate surface area is 113 Å². The van der Waals surface area contributed by atoms with E-state index in [4.69, 9.17) is 4.74 Å². The monoisotopic (exact) mass is 272 g/mol. The summed E-state index contributed by atoms with van der Waals surface area (Å²) in [6, 6.07) is 6.69. The van der Waals surface area contributed by atoms with Gasteiger partial charge in [0.15, 0.2) is 0 Å². The summed E-state index contributed by atoms with van der Waals surface area (Å²) in [6.07, 6.45) is -0.531. The predicted molar refractivity (Wildman–Crippen MR) is 71.6 cm³/mol. The Balaban J connectivity index is 2.74. The zero-order valence-corrected chi connectivity index (χ0v) is 11.7. The molecule has 108 valence electrons. The van der Waals surface area contributed by atoms with E-state index in [1.165, 1.54) is 13.8 Å². The lowest BCUT2D eigenvalue weighted by Gasteiger charge is -2.30. The van der Waals surface area contributed by atoms with Crippen molar-refractivity contribution in [3.63, 3.8) is 0 Å². The van der Waals surface area contributed by atoms with Crippen LogP contribution >= 0.6 is 0 Å². The third kappa shape index (κ3) is 4.16. The van der Waals surface area contributed by atoms with E-state index >= 15 is 0 Å². The number of hydrogen-bond acceptors (Lipinski definition) is 2. The molecule has 0 aliphatic heterocycles. The third-order valence-corrected chi connectivity index (χ3v) is 3.47. The van der Waals surface area contributed by atoms with Crippen LogP contribution < -0.4 is 4.74 Å². The highest BCUT2D eigenvalue weighted by molar-refractivity contribution is 5.31. The van der Waals surface area contributed by atoms with Crippen LogP contribution in [0.2, 0.25) is 0 Å². The fraction of sp³-hybridized carbons (Fsp3) is 0.600. The summed E-state index contributed by atoms with van der Waals surface area (Å²) in [7, 11) is 0. The first-order chi connectivity index (χ1) is 8.89. The minimum atomic E-state index is -2.56. The average molecular weight is 272 g/mol. The van der Waals surface area contributed by atoms with Gasteiger partial charge >= 0.3 is 0 Å². The van der Waals surface area contributed by atoms with E-state index in [1.807, 2.05) is 0 Å². The topological polar surface area (TPSA) is 29.5 Å². The number of rotatable bonds is 7. The van der Waals surface area contributed by atoms with Crippen molar-refractivity contribution < 1.29 is 18.6 Å². The van der Waals surface area contributed by atoms with Gasteiger partial charge in [0.2, 0.25) is 6.43 Å². The highest BCUT2D eigenvalue weighted by atomic mass is 19.3. The van der Waals surface area contributed by atoms with Gasteiger partial charge in [-0.25, -0.2) is 8.78 Å². The highest BCUT2D eigenvalue weighted by Gasteiger charge is 2.36. The molecule has 1 aromatic rings. The van der Waals surface area contributed by atoms with Gasteiger partial charge in [-0.15, -0.1) is 0 Å². The molecular weight excluding hydrogens is 250 g/mol. The Kier molecular flexibility index (Phi) is 5.73. The number of ether oxygens (including phenoxy) is 1. The minimum absolute atomic E-state index is 0.475. The quantitative estimate of drug-likeness (QED) is 0.761. The van der Waals surface area contributed by atoms with Gasteiger partial charge < -0.3 is 9.84 Å². The second-order valence-corrected chi connectivity index (χ2v) is 5.00. The molecule has 1 N–H and O–H groups in total. The van der Waals surface area contributed by atoms with Crippen LogP contribution in [-0.2, 0) is 5.60 Å². The fourth-order valence-electron chi connectivity index (χ4n) is 1.73. The number of hydrogen-bond donors (Lipinski definition) is 1. The molecule has 0 aliphatic carbocycles. The Morgan fingerprint density at radius 3 is 2.32 bits per heavy atom. The van der Waals surface area contributed by atoms with E-state index in [0.717, 1.165) is 12.8 Å². The van der Waals surface area contributed by atoms with Crippen molar-refractivity contribution in [2.45, 2.75) is 45.6 Å². The molecular formula is C15H22F2O2. The number of alkyl halides is 2. The molecule has 0 saturated heterocycles. The second-order valence-electron chi connectivity index (χ2n) is 5.00. The molecule has 2 atom stereocenters. The Bertz CT molecular complexity index is 374. The summed E-state index contributed by atoms with van der Waals surface area (Å²) in [5, 5.41) is 10.2. The van der Waals surface area contributed by atoms with Crippen molar-refractivity contribution in [3.8, 4) is 5.75 Å². The molecule has 2 unspecified atom stereocenters. The van der Waals surface area contributed by atoms with Gasteiger partial charge in [0, 0.05) is 5.92 Å². The molecule has 19 heavy (non-hydrogen) atoms. The summed E-state index contributed by atoms with van der Waals surface area (Å²) >= 11 is 0. The van der Waals surface area contributed by atoms with Gasteiger partial charge in [0.05, 0.1) is 12.2 Å². The van der Waals surface area contributed by atoms with E-state index in [-0.39, 0.29) is 0 Å². The van der Waals surface area contributed by atoms with Crippen LogP contribution in [0.25, 0.3) is 0 Å². The molecule has 0 saturated carbocycles. The fourth-order valence-corrected chi connectivity index (χ4v) is 1.73. The van der Waals surface area contributed by atoms with Crippen LogP contribution in [0.4, 0.5) is 8.78 Å². The maximum absolute atomic E-state index is 12.7. The summed E-state index contributed by atoms with van der Waals surface area (Å²) in [5.41, 5.74) is -1.07.